The maximum absolute atomic E-state index is 4.01. The van der Waals surface area contributed by atoms with Crippen LogP contribution in [-0.2, 0) is 5.41 Å². The van der Waals surface area contributed by atoms with Gasteiger partial charge in [-0.2, -0.15) is 0 Å². The summed E-state index contributed by atoms with van der Waals surface area (Å²) >= 11 is 7.82. The fourth-order valence-corrected chi connectivity index (χ4v) is 6.63. The summed E-state index contributed by atoms with van der Waals surface area (Å²) in [6, 6.07) is 13.8. The van der Waals surface area contributed by atoms with Crippen LogP contribution >= 0.6 is 31.9 Å². The zero-order valence-electron chi connectivity index (χ0n) is 19.6. The highest BCUT2D eigenvalue weighted by atomic mass is 79.9. The highest BCUT2D eigenvalue weighted by Crippen LogP contribution is 2.57. The number of fused-ring (bicyclic) bond motifs is 3. The van der Waals surface area contributed by atoms with Gasteiger partial charge in [0.05, 0.1) is 0 Å². The minimum atomic E-state index is 0.157. The predicted molar refractivity (Wildman–Crippen MR) is 144 cm³/mol. The van der Waals surface area contributed by atoms with E-state index in [0.29, 0.717) is 0 Å². The van der Waals surface area contributed by atoms with E-state index < -0.39 is 0 Å². The fourth-order valence-electron chi connectivity index (χ4n) is 5.57. The zero-order chi connectivity index (χ0) is 22.1. The maximum Gasteiger partial charge on any atom is 0.0364 e. The number of benzene rings is 2. The third-order valence-electron chi connectivity index (χ3n) is 7.22. The third kappa shape index (κ3) is 5.85. The highest BCUT2D eigenvalue weighted by molar-refractivity contribution is 9.13. The van der Waals surface area contributed by atoms with Crippen LogP contribution in [0, 0.1) is 0 Å². The van der Waals surface area contributed by atoms with Gasteiger partial charge >= 0.3 is 0 Å². The van der Waals surface area contributed by atoms with E-state index in [-0.39, 0.29) is 5.41 Å². The largest absolute Gasteiger partial charge is 0.0654 e. The van der Waals surface area contributed by atoms with Crippen LogP contribution in [0.3, 0.4) is 0 Å². The molecule has 0 heterocycles. The van der Waals surface area contributed by atoms with Crippen LogP contribution in [0.25, 0.3) is 11.1 Å². The number of hydrogen-bond acceptors (Lipinski definition) is 0. The lowest BCUT2D eigenvalue weighted by Crippen LogP contribution is -2.26. The van der Waals surface area contributed by atoms with E-state index in [9.17, 15) is 0 Å². The Morgan fingerprint density at radius 3 is 1.77 bits per heavy atom. The van der Waals surface area contributed by atoms with Gasteiger partial charge in [-0.25, -0.2) is 0 Å². The average Bonchev–Trinajstić information content (AvgIpc) is 3.06. The standard InChI is InChI=1S/C29H40Br2/c1-3-5-7-9-11-15-21-29(22-16-12-10-8-6-4-2)25-18-14-13-17-23(25)24-19-20-26(30)28(31)27(24)29/h13-14,17-20H,3-12,15-16,21-22H2,1-2H3. The molecule has 0 atom stereocenters. The van der Waals surface area contributed by atoms with Crippen molar-refractivity contribution in [3.63, 3.8) is 0 Å². The Labute approximate surface area is 207 Å². The van der Waals surface area contributed by atoms with Crippen LogP contribution < -0.4 is 0 Å². The summed E-state index contributed by atoms with van der Waals surface area (Å²) in [4.78, 5) is 0. The van der Waals surface area contributed by atoms with Crippen molar-refractivity contribution in [3.05, 3.63) is 56.5 Å². The summed E-state index contributed by atoms with van der Waals surface area (Å²) in [5.74, 6) is 0. The molecule has 0 saturated heterocycles. The molecule has 0 amide bonds. The molecule has 0 radical (unpaired) electrons. The van der Waals surface area contributed by atoms with E-state index in [2.05, 4.69) is 82.1 Å². The monoisotopic (exact) mass is 546 g/mol. The molecule has 0 N–H and O–H groups in total. The number of hydrogen-bond donors (Lipinski definition) is 0. The summed E-state index contributed by atoms with van der Waals surface area (Å²) in [7, 11) is 0. The first-order chi connectivity index (χ1) is 15.2. The summed E-state index contributed by atoms with van der Waals surface area (Å²) in [5, 5.41) is 0. The Hall–Kier alpha value is -0.600. The van der Waals surface area contributed by atoms with Gasteiger partial charge in [0.15, 0.2) is 0 Å². The fraction of sp³-hybridized carbons (Fsp3) is 0.586. The van der Waals surface area contributed by atoms with Crippen LogP contribution in [0.5, 0.6) is 0 Å². The average molecular weight is 548 g/mol. The second-order valence-corrected chi connectivity index (χ2v) is 11.1. The Balaban J connectivity index is 1.86. The molecule has 3 rings (SSSR count). The first-order valence-electron chi connectivity index (χ1n) is 12.7. The number of halogens is 2. The van der Waals surface area contributed by atoms with E-state index in [1.165, 1.54) is 110 Å². The smallest absolute Gasteiger partial charge is 0.0364 e. The molecule has 0 aliphatic heterocycles. The molecule has 2 heteroatoms. The molecule has 2 aromatic rings. The van der Waals surface area contributed by atoms with Gasteiger partial charge in [-0.3, -0.25) is 0 Å². The normalized spacial score (nSPS) is 13.9. The predicted octanol–water partition coefficient (Wildman–Crippen LogP) is 11.0. The molecule has 0 aromatic heterocycles. The van der Waals surface area contributed by atoms with E-state index in [1.807, 2.05) is 0 Å². The van der Waals surface area contributed by atoms with Gasteiger partial charge in [0.1, 0.15) is 0 Å². The molecule has 31 heavy (non-hydrogen) atoms. The summed E-state index contributed by atoms with van der Waals surface area (Å²) in [6.07, 6.45) is 18.9. The number of rotatable bonds is 14. The van der Waals surface area contributed by atoms with Gasteiger partial charge in [-0.15, -0.1) is 0 Å². The van der Waals surface area contributed by atoms with E-state index in [4.69, 9.17) is 0 Å². The van der Waals surface area contributed by atoms with Crippen molar-refractivity contribution in [2.24, 2.45) is 0 Å². The molecule has 1 aliphatic carbocycles. The SMILES string of the molecule is CCCCCCCCC1(CCCCCCCC)c2ccccc2-c2ccc(Br)c(Br)c21. The van der Waals surface area contributed by atoms with Gasteiger partial charge in [0.25, 0.3) is 0 Å². The van der Waals surface area contributed by atoms with Crippen molar-refractivity contribution in [2.45, 2.75) is 109 Å². The minimum Gasteiger partial charge on any atom is -0.0654 e. The minimum absolute atomic E-state index is 0.157. The lowest BCUT2D eigenvalue weighted by molar-refractivity contribution is 0.396. The first-order valence-corrected chi connectivity index (χ1v) is 14.3. The second-order valence-electron chi connectivity index (χ2n) is 9.45. The summed E-state index contributed by atoms with van der Waals surface area (Å²) < 4.78 is 2.47. The van der Waals surface area contributed by atoms with E-state index in [0.717, 1.165) is 0 Å². The maximum atomic E-state index is 4.01. The Bertz CT molecular complexity index is 807. The van der Waals surface area contributed by atoms with Crippen LogP contribution in [0.4, 0.5) is 0 Å². The van der Waals surface area contributed by atoms with Crippen molar-refractivity contribution in [1.82, 2.24) is 0 Å². The zero-order valence-corrected chi connectivity index (χ0v) is 22.8. The van der Waals surface area contributed by atoms with Crippen molar-refractivity contribution >= 4 is 31.9 Å². The molecule has 0 saturated carbocycles. The van der Waals surface area contributed by atoms with E-state index >= 15 is 0 Å². The van der Waals surface area contributed by atoms with Crippen molar-refractivity contribution in [2.75, 3.05) is 0 Å². The number of unbranched alkanes of at least 4 members (excludes halogenated alkanes) is 10. The topological polar surface area (TPSA) is 0 Å². The van der Waals surface area contributed by atoms with Crippen molar-refractivity contribution in [1.29, 1.82) is 0 Å². The van der Waals surface area contributed by atoms with Crippen LogP contribution in [-0.4, -0.2) is 0 Å². The third-order valence-corrected chi connectivity index (χ3v) is 9.24. The van der Waals surface area contributed by atoms with Crippen molar-refractivity contribution < 1.29 is 0 Å². The molecular formula is C29H40Br2. The molecule has 0 unspecified atom stereocenters. The summed E-state index contributed by atoms with van der Waals surface area (Å²) in [5.41, 5.74) is 6.19. The van der Waals surface area contributed by atoms with Crippen LogP contribution in [0.2, 0.25) is 0 Å². The molecular weight excluding hydrogens is 508 g/mol. The summed E-state index contributed by atoms with van der Waals surface area (Å²) in [6.45, 7) is 4.61. The molecule has 0 nitrogen and oxygen atoms in total. The van der Waals surface area contributed by atoms with Crippen molar-refractivity contribution in [3.8, 4) is 11.1 Å². The van der Waals surface area contributed by atoms with E-state index in [1.54, 1.807) is 11.1 Å². The molecule has 0 bridgehead atoms. The molecule has 1 aliphatic rings. The molecule has 0 fully saturated rings. The van der Waals surface area contributed by atoms with Gasteiger partial charge in [0.2, 0.25) is 0 Å². The van der Waals surface area contributed by atoms with Crippen LogP contribution in [0.1, 0.15) is 115 Å². The molecule has 0 spiro atoms. The van der Waals surface area contributed by atoms with Gasteiger partial charge < -0.3 is 0 Å². The van der Waals surface area contributed by atoms with Crippen LogP contribution in [0.15, 0.2) is 45.3 Å². The first kappa shape index (κ1) is 25.0. The lowest BCUT2D eigenvalue weighted by Gasteiger charge is -2.34. The van der Waals surface area contributed by atoms with Gasteiger partial charge in [0, 0.05) is 14.4 Å². The van der Waals surface area contributed by atoms with Gasteiger partial charge in [-0.1, -0.05) is 121 Å². The lowest BCUT2D eigenvalue weighted by atomic mass is 9.70. The molecule has 170 valence electrons. The Kier molecular flexibility index (Phi) is 10.2. The Morgan fingerprint density at radius 2 is 1.16 bits per heavy atom. The second kappa shape index (κ2) is 12.6. The quantitative estimate of drug-likeness (QED) is 0.206. The van der Waals surface area contributed by atoms with Gasteiger partial charge in [-0.05, 0) is 73.0 Å². The highest BCUT2D eigenvalue weighted by Gasteiger charge is 2.43. The molecule has 2 aromatic carbocycles. The Morgan fingerprint density at radius 1 is 0.613 bits per heavy atom.